The molecule has 7 heteroatoms. The number of nitrogens with zero attached hydrogens (tertiary/aromatic N) is 2. The molecule has 0 bridgehead atoms. The first-order valence-electron chi connectivity index (χ1n) is 10.1. The number of rotatable bonds is 5. The first kappa shape index (κ1) is 21.1. The molecule has 0 spiro atoms. The number of hydrogen-bond donors (Lipinski definition) is 1. The molecule has 1 amide bonds. The summed E-state index contributed by atoms with van der Waals surface area (Å²) < 4.78 is 4.84. The summed E-state index contributed by atoms with van der Waals surface area (Å²) in [7, 11) is 1.20. The van der Waals surface area contributed by atoms with Crippen molar-refractivity contribution in [1.82, 2.24) is 10.3 Å². The lowest BCUT2D eigenvalue weighted by atomic mass is 9.96. The number of allylic oxidation sites excluding steroid dienone is 1. The van der Waals surface area contributed by atoms with E-state index in [0.29, 0.717) is 27.7 Å². The van der Waals surface area contributed by atoms with Crippen molar-refractivity contribution >= 4 is 34.3 Å². The first-order valence-corrected chi connectivity index (χ1v) is 10.1. The molecular weight excluding hydrogens is 406 g/mol. The van der Waals surface area contributed by atoms with Crippen LogP contribution in [-0.4, -0.2) is 41.5 Å². The van der Waals surface area contributed by atoms with Crippen molar-refractivity contribution in [2.75, 3.05) is 7.11 Å². The third kappa shape index (κ3) is 3.92. The molecule has 1 unspecified atom stereocenters. The number of para-hydroxylation sites is 1. The van der Waals surface area contributed by atoms with Crippen LogP contribution in [0.1, 0.15) is 22.3 Å². The standard InChI is InChI=1S/C25H21N3O4/c1-15-20(24(30)28-23(25(31)32-2)22-19(29)13-8-14-26-22)17-11-6-7-12-18(17)27-21(15)16-9-4-3-5-10-16/h3-12,14,23H,13H2,1-2H3,(H,28,30). The Kier molecular flexibility index (Phi) is 5.89. The number of carbonyl (C=O) groups excluding carboxylic acids is 3. The summed E-state index contributed by atoms with van der Waals surface area (Å²) in [4.78, 5) is 47.1. The Morgan fingerprint density at radius 3 is 2.50 bits per heavy atom. The number of pyridine rings is 1. The zero-order valence-electron chi connectivity index (χ0n) is 17.7. The minimum atomic E-state index is -1.31. The van der Waals surface area contributed by atoms with Gasteiger partial charge in [-0.2, -0.15) is 0 Å². The van der Waals surface area contributed by atoms with E-state index in [-0.39, 0.29) is 17.9 Å². The third-order valence-electron chi connectivity index (χ3n) is 5.30. The lowest BCUT2D eigenvalue weighted by Gasteiger charge is -2.20. The second-order valence-corrected chi connectivity index (χ2v) is 7.30. The predicted octanol–water partition coefficient (Wildman–Crippen LogP) is 3.41. The summed E-state index contributed by atoms with van der Waals surface area (Å²) in [5, 5.41) is 3.31. The lowest BCUT2D eigenvalue weighted by Crippen LogP contribution is -2.50. The van der Waals surface area contributed by atoms with E-state index in [2.05, 4.69) is 10.3 Å². The van der Waals surface area contributed by atoms with Gasteiger partial charge >= 0.3 is 5.97 Å². The molecule has 1 aromatic heterocycles. The molecule has 32 heavy (non-hydrogen) atoms. The number of ketones is 1. The van der Waals surface area contributed by atoms with Crippen LogP contribution in [0.25, 0.3) is 22.2 Å². The van der Waals surface area contributed by atoms with Crippen LogP contribution in [0.4, 0.5) is 0 Å². The number of aromatic nitrogens is 1. The van der Waals surface area contributed by atoms with E-state index in [9.17, 15) is 14.4 Å². The van der Waals surface area contributed by atoms with Gasteiger partial charge in [0.25, 0.3) is 5.91 Å². The molecule has 160 valence electrons. The quantitative estimate of drug-likeness (QED) is 0.630. The molecule has 0 fully saturated rings. The van der Waals surface area contributed by atoms with E-state index < -0.39 is 17.9 Å². The Balaban J connectivity index is 1.83. The van der Waals surface area contributed by atoms with E-state index in [0.717, 1.165) is 5.56 Å². The maximum atomic E-state index is 13.5. The fraction of sp³-hybridized carbons (Fsp3) is 0.160. The second kappa shape index (κ2) is 8.93. The van der Waals surface area contributed by atoms with Gasteiger partial charge in [0.2, 0.25) is 0 Å². The summed E-state index contributed by atoms with van der Waals surface area (Å²) in [5.41, 5.74) is 3.16. The van der Waals surface area contributed by atoms with Gasteiger partial charge in [-0.15, -0.1) is 0 Å². The molecule has 1 aliphatic heterocycles. The predicted molar refractivity (Wildman–Crippen MR) is 121 cm³/mol. The maximum Gasteiger partial charge on any atom is 0.334 e. The van der Waals surface area contributed by atoms with Gasteiger partial charge in [-0.1, -0.05) is 54.6 Å². The molecule has 0 radical (unpaired) electrons. The molecular formula is C25H21N3O4. The van der Waals surface area contributed by atoms with Gasteiger partial charge in [0.15, 0.2) is 11.8 Å². The Bertz CT molecular complexity index is 1280. The summed E-state index contributed by atoms with van der Waals surface area (Å²) in [6.07, 6.45) is 3.14. The number of methoxy groups -OCH3 is 1. The molecule has 2 aromatic carbocycles. The minimum absolute atomic E-state index is 0.0491. The number of aliphatic imine (C=N–C) groups is 1. The van der Waals surface area contributed by atoms with E-state index in [4.69, 9.17) is 9.72 Å². The van der Waals surface area contributed by atoms with Gasteiger partial charge in [-0.3, -0.25) is 14.6 Å². The normalized spacial score (nSPS) is 14.1. The number of nitrogens with one attached hydrogen (secondary N) is 1. The highest BCUT2D eigenvalue weighted by Gasteiger charge is 2.33. The van der Waals surface area contributed by atoms with E-state index in [1.54, 1.807) is 12.1 Å². The Hall–Kier alpha value is -4.13. The number of fused-ring (bicyclic) bond motifs is 1. The summed E-state index contributed by atoms with van der Waals surface area (Å²) >= 11 is 0. The summed E-state index contributed by atoms with van der Waals surface area (Å²) in [5.74, 6) is -1.62. The van der Waals surface area contributed by atoms with Crippen molar-refractivity contribution < 1.29 is 19.1 Å². The number of hydrogen-bond acceptors (Lipinski definition) is 6. The van der Waals surface area contributed by atoms with E-state index >= 15 is 0 Å². The highest BCUT2D eigenvalue weighted by atomic mass is 16.5. The van der Waals surface area contributed by atoms with E-state index in [1.807, 2.05) is 55.5 Å². The second-order valence-electron chi connectivity index (χ2n) is 7.30. The number of ether oxygens (including phenoxy) is 1. The van der Waals surface area contributed by atoms with Gasteiger partial charge in [-0.25, -0.2) is 9.78 Å². The molecule has 3 aromatic rings. The number of carbonyl (C=O) groups is 3. The summed E-state index contributed by atoms with van der Waals surface area (Å²) in [6, 6.07) is 15.5. The van der Waals surface area contributed by atoms with Gasteiger partial charge < -0.3 is 10.1 Å². The third-order valence-corrected chi connectivity index (χ3v) is 5.30. The molecule has 4 rings (SSSR count). The average Bonchev–Trinajstić information content (AvgIpc) is 2.82. The molecule has 1 aliphatic rings. The monoisotopic (exact) mass is 427 g/mol. The van der Waals surface area contributed by atoms with Crippen LogP contribution < -0.4 is 5.32 Å². The van der Waals surface area contributed by atoms with Crippen molar-refractivity contribution in [3.63, 3.8) is 0 Å². The van der Waals surface area contributed by atoms with Crippen molar-refractivity contribution in [3.05, 3.63) is 78.0 Å². The molecule has 1 atom stereocenters. The highest BCUT2D eigenvalue weighted by molar-refractivity contribution is 6.46. The SMILES string of the molecule is COC(=O)C(NC(=O)c1c(C)c(-c2ccccc2)nc2ccccc12)C1=NC=CCC1=O. The van der Waals surface area contributed by atoms with Crippen LogP contribution >= 0.6 is 0 Å². The van der Waals surface area contributed by atoms with Gasteiger partial charge in [0.05, 0.1) is 23.9 Å². The first-order chi connectivity index (χ1) is 15.5. The van der Waals surface area contributed by atoms with Crippen LogP contribution in [0.2, 0.25) is 0 Å². The van der Waals surface area contributed by atoms with Crippen LogP contribution in [0, 0.1) is 6.92 Å². The highest BCUT2D eigenvalue weighted by Crippen LogP contribution is 2.29. The lowest BCUT2D eigenvalue weighted by molar-refractivity contribution is -0.141. The zero-order chi connectivity index (χ0) is 22.7. The van der Waals surface area contributed by atoms with Crippen LogP contribution in [-0.2, 0) is 14.3 Å². The molecule has 1 N–H and O–H groups in total. The van der Waals surface area contributed by atoms with Gasteiger partial charge in [0.1, 0.15) is 5.71 Å². The van der Waals surface area contributed by atoms with Crippen LogP contribution in [0.5, 0.6) is 0 Å². The van der Waals surface area contributed by atoms with Gasteiger partial charge in [-0.05, 0) is 18.6 Å². The molecule has 2 heterocycles. The zero-order valence-corrected chi connectivity index (χ0v) is 17.7. The van der Waals surface area contributed by atoms with Gasteiger partial charge in [0, 0.05) is 23.6 Å². The molecule has 0 aliphatic carbocycles. The van der Waals surface area contributed by atoms with Crippen molar-refractivity contribution in [3.8, 4) is 11.3 Å². The molecule has 0 saturated heterocycles. The molecule has 0 saturated carbocycles. The van der Waals surface area contributed by atoms with Crippen molar-refractivity contribution in [2.45, 2.75) is 19.4 Å². The number of benzene rings is 2. The Morgan fingerprint density at radius 1 is 1.06 bits per heavy atom. The van der Waals surface area contributed by atoms with Crippen molar-refractivity contribution in [1.29, 1.82) is 0 Å². The largest absolute Gasteiger partial charge is 0.467 e. The smallest absolute Gasteiger partial charge is 0.334 e. The molecule has 7 nitrogen and oxygen atoms in total. The number of Topliss-reactive ketones (excluding diaryl/α,β-unsaturated/α-hetero) is 1. The Morgan fingerprint density at radius 2 is 1.78 bits per heavy atom. The minimum Gasteiger partial charge on any atom is -0.467 e. The van der Waals surface area contributed by atoms with Crippen LogP contribution in [0.3, 0.4) is 0 Å². The topological polar surface area (TPSA) is 97.7 Å². The van der Waals surface area contributed by atoms with Crippen molar-refractivity contribution in [2.24, 2.45) is 4.99 Å². The maximum absolute atomic E-state index is 13.5. The van der Waals surface area contributed by atoms with Crippen LogP contribution in [0.15, 0.2) is 71.9 Å². The average molecular weight is 427 g/mol. The Labute approximate surface area is 184 Å². The number of esters is 1. The fourth-order valence-electron chi connectivity index (χ4n) is 3.74. The van der Waals surface area contributed by atoms with E-state index in [1.165, 1.54) is 13.3 Å². The summed E-state index contributed by atoms with van der Waals surface area (Å²) in [6.45, 7) is 1.82. The number of amides is 1. The fourth-order valence-corrected chi connectivity index (χ4v) is 3.74.